The maximum absolute atomic E-state index is 14.6. The molecule has 5 rings (SSSR count). The number of fused-ring (bicyclic) bond motifs is 5. The third-order valence-electron chi connectivity index (χ3n) is 10.4. The van der Waals surface area contributed by atoms with Crippen LogP contribution in [0.5, 0.6) is 0 Å². The summed E-state index contributed by atoms with van der Waals surface area (Å²) in [6.07, 6.45) is -10.7. The molecule has 46 heavy (non-hydrogen) atoms. The number of aliphatic hydroxyl groups excluding tert-OH is 2. The summed E-state index contributed by atoms with van der Waals surface area (Å²) in [5, 5.41) is 35.6. The molecule has 3 N–H and O–H groups in total. The molecule has 16 heteroatoms. The first kappa shape index (κ1) is 34.4. The Hall–Kier alpha value is -2.89. The largest absolute Gasteiger partial charge is 0.523 e. The number of Topliss-reactive ketones (excluding diaryl/α,β-unsaturated/α-hetero) is 1. The zero-order chi connectivity index (χ0) is 34.4. The molecule has 4 aliphatic rings. The number of ether oxygens (including phenoxy) is 3. The van der Waals surface area contributed by atoms with Crippen molar-refractivity contribution in [2.75, 3.05) is 6.61 Å². The average molecular weight is 677 g/mol. The first-order chi connectivity index (χ1) is 21.1. The number of hydrogen-bond acceptors (Lipinski definition) is 12. The molecule has 2 saturated carbocycles. The summed E-state index contributed by atoms with van der Waals surface area (Å²) in [7, 11) is -6.39. The summed E-state index contributed by atoms with van der Waals surface area (Å²) in [5.41, 5.74) is -14.8. The molecule has 1 aliphatic heterocycles. The van der Waals surface area contributed by atoms with Crippen LogP contribution in [0.15, 0.2) is 41.5 Å². The zero-order valence-electron chi connectivity index (χ0n) is 25.5. The van der Waals surface area contributed by atoms with Crippen LogP contribution in [0.3, 0.4) is 0 Å². The number of benzene rings is 1. The number of ketones is 1. The number of carbonyl (C=O) groups excluding carboxylic acids is 3. The molecule has 254 valence electrons. The molecule has 1 saturated heterocycles. The van der Waals surface area contributed by atoms with Gasteiger partial charge in [0.15, 0.2) is 11.4 Å². The van der Waals surface area contributed by atoms with Gasteiger partial charge in [-0.25, -0.2) is 4.79 Å². The highest BCUT2D eigenvalue weighted by Gasteiger charge is 2.78. The Morgan fingerprint density at radius 1 is 1.09 bits per heavy atom. The van der Waals surface area contributed by atoms with Gasteiger partial charge in [-0.1, -0.05) is 32.0 Å². The Balaban J connectivity index is 1.85. The van der Waals surface area contributed by atoms with Gasteiger partial charge in [-0.05, 0) is 37.1 Å². The zero-order valence-corrected chi connectivity index (χ0v) is 26.3. The van der Waals surface area contributed by atoms with E-state index in [9.17, 15) is 51.3 Å². The summed E-state index contributed by atoms with van der Waals surface area (Å²) in [6.45, 7) is 5.78. The van der Waals surface area contributed by atoms with Crippen LogP contribution in [0, 0.1) is 16.7 Å². The number of hydrogen-bond donors (Lipinski definition) is 3. The maximum atomic E-state index is 14.6. The lowest BCUT2D eigenvalue weighted by molar-refractivity contribution is -0.344. The Labute approximate surface area is 262 Å². The minimum absolute atomic E-state index is 0.0338. The molecule has 0 spiro atoms. The van der Waals surface area contributed by atoms with E-state index in [-0.39, 0.29) is 16.7 Å². The van der Waals surface area contributed by atoms with Gasteiger partial charge >= 0.3 is 27.6 Å². The Bertz CT molecular complexity index is 1590. The van der Waals surface area contributed by atoms with Crippen molar-refractivity contribution in [3.8, 4) is 0 Å². The molecule has 9 atom stereocenters. The summed E-state index contributed by atoms with van der Waals surface area (Å²) in [5.74, 6) is -5.14. The lowest BCUT2D eigenvalue weighted by Crippen LogP contribution is -2.82. The molecular formula is C30H35F3O12S. The predicted molar refractivity (Wildman–Crippen MR) is 149 cm³/mol. The summed E-state index contributed by atoms with van der Waals surface area (Å²) < 4.78 is 88.0. The van der Waals surface area contributed by atoms with Gasteiger partial charge in [0.05, 0.1) is 35.7 Å². The third kappa shape index (κ3) is 4.74. The smallest absolute Gasteiger partial charge is 0.455 e. The maximum Gasteiger partial charge on any atom is 0.523 e. The van der Waals surface area contributed by atoms with E-state index in [1.54, 1.807) is 6.07 Å². The quantitative estimate of drug-likeness (QED) is 0.179. The van der Waals surface area contributed by atoms with E-state index in [1.165, 1.54) is 45.0 Å². The second-order valence-corrected chi connectivity index (χ2v) is 14.7. The molecule has 1 aromatic rings. The standard InChI is InChI=1S/C30H35F3O12S/c1-14-17(35)12-29(39)24(43-25(38)16-9-7-6-8-10-16)22-27(5,23(37)21(36)20(14)26(29,3)4)18(45-46(40,41)30(31,32)33)11-19-28(22,13-42-19)44-15(2)34/h6-10,17-19,21-22,24,35-36,39H,11-13H2,1-5H3/t17-,18?,19?,21+,22?,24-,27+,28-,29+/m0/s1. The van der Waals surface area contributed by atoms with Crippen LogP contribution >= 0.6 is 0 Å². The molecule has 0 amide bonds. The van der Waals surface area contributed by atoms with Crippen LogP contribution in [0.4, 0.5) is 13.2 Å². The monoisotopic (exact) mass is 676 g/mol. The van der Waals surface area contributed by atoms with Crippen molar-refractivity contribution in [2.24, 2.45) is 16.7 Å². The van der Waals surface area contributed by atoms with Crippen molar-refractivity contribution in [3.63, 3.8) is 0 Å². The number of aliphatic hydroxyl groups is 3. The van der Waals surface area contributed by atoms with E-state index >= 15 is 0 Å². The van der Waals surface area contributed by atoms with Gasteiger partial charge in [-0.15, -0.1) is 0 Å². The number of esters is 2. The minimum Gasteiger partial charge on any atom is -0.455 e. The van der Waals surface area contributed by atoms with E-state index in [4.69, 9.17) is 18.4 Å². The second kappa shape index (κ2) is 10.8. The van der Waals surface area contributed by atoms with E-state index in [1.807, 2.05) is 0 Å². The van der Waals surface area contributed by atoms with Gasteiger partial charge in [0.25, 0.3) is 0 Å². The topological polar surface area (TPSA) is 183 Å². The molecule has 2 bridgehead atoms. The first-order valence-corrected chi connectivity index (χ1v) is 15.9. The van der Waals surface area contributed by atoms with Crippen LogP contribution < -0.4 is 0 Å². The molecule has 1 aromatic carbocycles. The van der Waals surface area contributed by atoms with Crippen LogP contribution in [0.25, 0.3) is 0 Å². The van der Waals surface area contributed by atoms with Crippen molar-refractivity contribution >= 4 is 27.8 Å². The van der Waals surface area contributed by atoms with Gasteiger partial charge in [0.2, 0.25) is 0 Å². The fourth-order valence-electron chi connectivity index (χ4n) is 7.99. The molecule has 0 aromatic heterocycles. The van der Waals surface area contributed by atoms with Gasteiger partial charge in [-0.3, -0.25) is 13.8 Å². The highest BCUT2D eigenvalue weighted by atomic mass is 32.2. The van der Waals surface area contributed by atoms with Crippen molar-refractivity contribution < 1.29 is 69.7 Å². The fourth-order valence-corrected chi connectivity index (χ4v) is 8.68. The average Bonchev–Trinajstić information content (AvgIpc) is 2.94. The highest BCUT2D eigenvalue weighted by molar-refractivity contribution is 7.87. The number of alkyl halides is 3. The van der Waals surface area contributed by atoms with Crippen LogP contribution in [0.2, 0.25) is 0 Å². The third-order valence-corrected chi connectivity index (χ3v) is 11.5. The summed E-state index contributed by atoms with van der Waals surface area (Å²) in [6, 6.07) is 7.37. The first-order valence-electron chi connectivity index (χ1n) is 14.5. The number of rotatable bonds is 5. The molecule has 3 unspecified atom stereocenters. The molecular weight excluding hydrogens is 641 g/mol. The molecule has 3 aliphatic carbocycles. The van der Waals surface area contributed by atoms with Crippen LogP contribution in [0.1, 0.15) is 57.8 Å². The molecule has 3 fully saturated rings. The fraction of sp³-hybridized carbons (Fsp3) is 0.633. The second-order valence-electron chi connectivity index (χ2n) is 13.2. The van der Waals surface area contributed by atoms with E-state index in [0.29, 0.717) is 0 Å². The Kier molecular flexibility index (Phi) is 8.10. The van der Waals surface area contributed by atoms with Crippen molar-refractivity contribution in [3.05, 3.63) is 47.0 Å². The van der Waals surface area contributed by atoms with Gasteiger partial charge in [0.1, 0.15) is 23.9 Å². The van der Waals surface area contributed by atoms with Crippen LogP contribution in [-0.4, -0.2) is 95.3 Å². The van der Waals surface area contributed by atoms with Gasteiger partial charge in [0, 0.05) is 25.2 Å². The lowest BCUT2D eigenvalue weighted by atomic mass is 9.44. The molecule has 12 nitrogen and oxygen atoms in total. The summed E-state index contributed by atoms with van der Waals surface area (Å²) in [4.78, 5) is 40.9. The summed E-state index contributed by atoms with van der Waals surface area (Å²) >= 11 is 0. The van der Waals surface area contributed by atoms with Crippen LogP contribution in [-0.2, 0) is 38.1 Å². The molecule has 1 heterocycles. The number of halogens is 3. The van der Waals surface area contributed by atoms with Gasteiger partial charge in [-0.2, -0.15) is 21.6 Å². The predicted octanol–water partition coefficient (Wildman–Crippen LogP) is 1.96. The van der Waals surface area contributed by atoms with Crippen molar-refractivity contribution in [1.29, 1.82) is 0 Å². The normalized spacial score (nSPS) is 38.8. The number of carbonyl (C=O) groups is 3. The minimum atomic E-state index is -6.39. The lowest BCUT2D eigenvalue weighted by Gasteiger charge is -2.67. The van der Waals surface area contributed by atoms with E-state index < -0.39 is 111 Å². The van der Waals surface area contributed by atoms with Gasteiger partial charge < -0.3 is 29.5 Å². The SMILES string of the molecule is CC(=O)O[C@@]12COC1CC(OS(=O)(=O)C(F)(F)F)[C@@]1(C)C(=O)[C@H](O)C3=C(C)[C@@H](O)C[C@@](O)([C@@H](OC(=O)c4ccccc4)C21)C3(C)C. The highest BCUT2D eigenvalue weighted by Crippen LogP contribution is 2.64. The van der Waals surface area contributed by atoms with E-state index in [0.717, 1.165) is 13.8 Å². The Morgan fingerprint density at radius 3 is 2.22 bits per heavy atom. The van der Waals surface area contributed by atoms with E-state index in [2.05, 4.69) is 0 Å². The molecule has 0 radical (unpaired) electrons. The van der Waals surface area contributed by atoms with Crippen molar-refractivity contribution in [1.82, 2.24) is 0 Å². The Morgan fingerprint density at radius 2 is 1.70 bits per heavy atom. The van der Waals surface area contributed by atoms with Crippen molar-refractivity contribution in [2.45, 2.75) is 94.7 Å².